The molecule has 0 saturated heterocycles. The van der Waals surface area contributed by atoms with Gasteiger partial charge in [0.2, 0.25) is 0 Å². The molecule has 76 valence electrons. The van der Waals surface area contributed by atoms with E-state index in [0.29, 0.717) is 13.2 Å². The maximum absolute atomic E-state index is 5.39. The minimum atomic E-state index is 0.702. The molecule has 0 fully saturated rings. The van der Waals surface area contributed by atoms with Gasteiger partial charge in [0.25, 0.3) is 0 Å². The van der Waals surface area contributed by atoms with E-state index in [1.165, 1.54) is 5.56 Å². The maximum Gasteiger partial charge on any atom is 0.119 e. The van der Waals surface area contributed by atoms with Crippen molar-refractivity contribution in [1.82, 2.24) is 0 Å². The molecule has 0 saturated carbocycles. The van der Waals surface area contributed by atoms with Crippen LogP contribution < -0.4 is 10.5 Å². The summed E-state index contributed by atoms with van der Waals surface area (Å²) in [5.74, 6) is 0.920. The Morgan fingerprint density at radius 1 is 1.29 bits per heavy atom. The summed E-state index contributed by atoms with van der Waals surface area (Å²) in [6, 6.07) is 8.03. The monoisotopic (exact) mass is 191 g/mol. The summed E-state index contributed by atoms with van der Waals surface area (Å²) >= 11 is 0. The molecule has 2 heteroatoms. The molecular formula is C12H17NO. The van der Waals surface area contributed by atoms with Gasteiger partial charge in [-0.05, 0) is 37.6 Å². The van der Waals surface area contributed by atoms with Gasteiger partial charge in [-0.3, -0.25) is 0 Å². The van der Waals surface area contributed by atoms with E-state index in [-0.39, 0.29) is 0 Å². The molecule has 0 aromatic heterocycles. The second kappa shape index (κ2) is 6.22. The van der Waals surface area contributed by atoms with Crippen molar-refractivity contribution in [3.63, 3.8) is 0 Å². The molecular weight excluding hydrogens is 174 g/mol. The molecule has 0 amide bonds. The molecule has 2 N–H and O–H groups in total. The van der Waals surface area contributed by atoms with Gasteiger partial charge in [-0.15, -0.1) is 0 Å². The quantitative estimate of drug-likeness (QED) is 0.775. The van der Waals surface area contributed by atoms with Gasteiger partial charge in [0.15, 0.2) is 0 Å². The van der Waals surface area contributed by atoms with Gasteiger partial charge >= 0.3 is 0 Å². The van der Waals surface area contributed by atoms with Crippen molar-refractivity contribution in [2.75, 3.05) is 13.2 Å². The van der Waals surface area contributed by atoms with Crippen molar-refractivity contribution in [2.24, 2.45) is 5.73 Å². The summed E-state index contributed by atoms with van der Waals surface area (Å²) in [7, 11) is 0. The molecule has 1 aromatic rings. The van der Waals surface area contributed by atoms with E-state index in [4.69, 9.17) is 10.5 Å². The Bertz CT molecular complexity index is 277. The normalized spacial score (nSPS) is 10.7. The summed E-state index contributed by atoms with van der Waals surface area (Å²) in [6.07, 6.45) is 5.07. The van der Waals surface area contributed by atoms with Crippen LogP contribution in [0.3, 0.4) is 0 Å². The zero-order chi connectivity index (χ0) is 10.2. The second-order valence-electron chi connectivity index (χ2n) is 2.98. The predicted molar refractivity (Wildman–Crippen MR) is 60.3 cm³/mol. The molecule has 14 heavy (non-hydrogen) atoms. The lowest BCUT2D eigenvalue weighted by atomic mass is 10.2. The average molecular weight is 191 g/mol. The van der Waals surface area contributed by atoms with Crippen LogP contribution in [-0.2, 0) is 0 Å². The van der Waals surface area contributed by atoms with Crippen LogP contribution in [-0.4, -0.2) is 13.2 Å². The van der Waals surface area contributed by atoms with E-state index >= 15 is 0 Å². The Morgan fingerprint density at radius 3 is 2.57 bits per heavy atom. The summed E-state index contributed by atoms with van der Waals surface area (Å²) in [6.45, 7) is 3.39. The molecule has 1 rings (SSSR count). The van der Waals surface area contributed by atoms with Gasteiger partial charge < -0.3 is 10.5 Å². The number of hydrogen-bond acceptors (Lipinski definition) is 2. The number of benzene rings is 1. The van der Waals surface area contributed by atoms with Gasteiger partial charge in [-0.2, -0.15) is 0 Å². The van der Waals surface area contributed by atoms with Crippen molar-refractivity contribution in [3.05, 3.63) is 35.9 Å². The number of nitrogens with two attached hydrogens (primary N) is 1. The summed E-state index contributed by atoms with van der Waals surface area (Å²) < 4.78 is 5.34. The highest BCUT2D eigenvalue weighted by molar-refractivity contribution is 5.50. The van der Waals surface area contributed by atoms with E-state index in [0.717, 1.165) is 12.2 Å². The fourth-order valence-corrected chi connectivity index (χ4v) is 1.16. The first-order valence-corrected chi connectivity index (χ1v) is 4.96. The van der Waals surface area contributed by atoms with Crippen LogP contribution in [0.15, 0.2) is 30.3 Å². The first kappa shape index (κ1) is 10.8. The van der Waals surface area contributed by atoms with E-state index in [1.807, 2.05) is 31.2 Å². The fourth-order valence-electron chi connectivity index (χ4n) is 1.16. The fraction of sp³-hybridized carbons (Fsp3) is 0.333. The van der Waals surface area contributed by atoms with Crippen LogP contribution in [0.1, 0.15) is 18.9 Å². The lowest BCUT2D eigenvalue weighted by Gasteiger charge is -2.02. The standard InChI is InChI=1S/C12H17NO/c1-2-14-12-8-6-11(7-9-12)5-3-4-10-13/h3,5-9H,2,4,10,13H2,1H3. The van der Waals surface area contributed by atoms with Crippen LogP contribution in [0.2, 0.25) is 0 Å². The predicted octanol–water partition coefficient (Wildman–Crippen LogP) is 2.45. The van der Waals surface area contributed by atoms with Crippen LogP contribution in [0.25, 0.3) is 6.08 Å². The third kappa shape index (κ3) is 3.62. The number of hydrogen-bond donors (Lipinski definition) is 1. The molecule has 0 aliphatic rings. The third-order valence-electron chi connectivity index (χ3n) is 1.83. The van der Waals surface area contributed by atoms with E-state index in [9.17, 15) is 0 Å². The summed E-state index contributed by atoms with van der Waals surface area (Å²) in [4.78, 5) is 0. The lowest BCUT2D eigenvalue weighted by molar-refractivity contribution is 0.340. The second-order valence-corrected chi connectivity index (χ2v) is 2.98. The van der Waals surface area contributed by atoms with Gasteiger partial charge in [-0.1, -0.05) is 24.3 Å². The highest BCUT2D eigenvalue weighted by atomic mass is 16.5. The van der Waals surface area contributed by atoms with Gasteiger partial charge in [-0.25, -0.2) is 0 Å². The maximum atomic E-state index is 5.39. The van der Waals surface area contributed by atoms with Gasteiger partial charge in [0, 0.05) is 0 Å². The Morgan fingerprint density at radius 2 is 2.00 bits per heavy atom. The topological polar surface area (TPSA) is 35.2 Å². The summed E-state index contributed by atoms with van der Waals surface area (Å²) in [5, 5.41) is 0. The number of rotatable bonds is 5. The third-order valence-corrected chi connectivity index (χ3v) is 1.83. The average Bonchev–Trinajstić information content (AvgIpc) is 2.21. The molecule has 0 unspecified atom stereocenters. The zero-order valence-electron chi connectivity index (χ0n) is 8.57. The minimum absolute atomic E-state index is 0.702. The Kier molecular flexibility index (Phi) is 4.79. The van der Waals surface area contributed by atoms with E-state index < -0.39 is 0 Å². The smallest absolute Gasteiger partial charge is 0.119 e. The molecule has 2 nitrogen and oxygen atoms in total. The van der Waals surface area contributed by atoms with Crippen LogP contribution in [0, 0.1) is 0 Å². The molecule has 0 spiro atoms. The molecule has 0 heterocycles. The highest BCUT2D eigenvalue weighted by Gasteiger charge is 1.90. The van der Waals surface area contributed by atoms with E-state index in [2.05, 4.69) is 12.2 Å². The van der Waals surface area contributed by atoms with Crippen LogP contribution >= 0.6 is 0 Å². The van der Waals surface area contributed by atoms with Gasteiger partial charge in [0.05, 0.1) is 6.61 Å². The Hall–Kier alpha value is -1.28. The SMILES string of the molecule is CCOc1ccc(C=CCCN)cc1. The van der Waals surface area contributed by atoms with Crippen LogP contribution in [0.4, 0.5) is 0 Å². The Balaban J connectivity index is 2.54. The Labute approximate surface area is 85.4 Å². The largest absolute Gasteiger partial charge is 0.494 e. The minimum Gasteiger partial charge on any atom is -0.494 e. The first-order chi connectivity index (χ1) is 6.86. The molecule has 0 radical (unpaired) electrons. The van der Waals surface area contributed by atoms with E-state index in [1.54, 1.807) is 0 Å². The molecule has 0 bridgehead atoms. The van der Waals surface area contributed by atoms with Crippen molar-refractivity contribution < 1.29 is 4.74 Å². The van der Waals surface area contributed by atoms with Crippen molar-refractivity contribution in [1.29, 1.82) is 0 Å². The molecule has 0 aliphatic carbocycles. The van der Waals surface area contributed by atoms with Gasteiger partial charge in [0.1, 0.15) is 5.75 Å². The lowest BCUT2D eigenvalue weighted by Crippen LogP contribution is -1.95. The highest BCUT2D eigenvalue weighted by Crippen LogP contribution is 2.12. The van der Waals surface area contributed by atoms with Crippen molar-refractivity contribution in [2.45, 2.75) is 13.3 Å². The van der Waals surface area contributed by atoms with Crippen molar-refractivity contribution >= 4 is 6.08 Å². The molecule has 0 atom stereocenters. The zero-order valence-corrected chi connectivity index (χ0v) is 8.57. The van der Waals surface area contributed by atoms with Crippen molar-refractivity contribution in [3.8, 4) is 5.75 Å². The first-order valence-electron chi connectivity index (χ1n) is 4.96. The summed E-state index contributed by atoms with van der Waals surface area (Å²) in [5.41, 5.74) is 6.57. The molecule has 1 aromatic carbocycles. The molecule has 0 aliphatic heterocycles. The number of ether oxygens (including phenoxy) is 1. The van der Waals surface area contributed by atoms with Crippen LogP contribution in [0.5, 0.6) is 5.75 Å².